The highest BCUT2D eigenvalue weighted by Crippen LogP contribution is 2.15. The van der Waals surface area contributed by atoms with Gasteiger partial charge < -0.3 is 0 Å². The Balaban J connectivity index is 2.80. The van der Waals surface area contributed by atoms with Crippen molar-refractivity contribution in [2.45, 2.75) is 19.9 Å². The van der Waals surface area contributed by atoms with E-state index in [1.54, 1.807) is 0 Å². The largest absolute Gasteiger partial charge is 0.283 e. The fourth-order valence-corrected chi connectivity index (χ4v) is 2.33. The summed E-state index contributed by atoms with van der Waals surface area (Å²) in [6, 6.07) is 5.57. The van der Waals surface area contributed by atoms with Crippen LogP contribution in [0.3, 0.4) is 0 Å². The highest BCUT2D eigenvalue weighted by molar-refractivity contribution is 14.1. The fraction of sp³-hybridized carbons (Fsp3) is 0.273. The van der Waals surface area contributed by atoms with Crippen LogP contribution in [0, 0.1) is 3.57 Å². The first-order valence-corrected chi connectivity index (χ1v) is 6.44. The number of hydrogen-bond donors (Lipinski definition) is 0. The van der Waals surface area contributed by atoms with Crippen molar-refractivity contribution in [2.24, 2.45) is 0 Å². The van der Waals surface area contributed by atoms with Crippen molar-refractivity contribution in [3.05, 3.63) is 37.4 Å². The average Bonchev–Trinajstić information content (AvgIpc) is 2.26. The van der Waals surface area contributed by atoms with Gasteiger partial charge in [0.1, 0.15) is 0 Å². The van der Waals surface area contributed by atoms with Crippen LogP contribution < -0.4 is 5.56 Å². The maximum absolute atomic E-state index is 12.1. The minimum atomic E-state index is -0.0598. The van der Waals surface area contributed by atoms with E-state index in [1.807, 2.05) is 25.1 Å². The van der Waals surface area contributed by atoms with Gasteiger partial charge in [0.15, 0.2) is 0 Å². The number of fused-ring (bicyclic) bond motifs is 1. The van der Waals surface area contributed by atoms with Gasteiger partial charge >= 0.3 is 0 Å². The second kappa shape index (κ2) is 4.71. The lowest BCUT2D eigenvalue weighted by Gasteiger charge is -2.07. The minimum Gasteiger partial charge on any atom is -0.283 e. The van der Waals surface area contributed by atoms with E-state index in [9.17, 15) is 4.79 Å². The molecule has 0 atom stereocenters. The first kappa shape index (κ1) is 11.9. The van der Waals surface area contributed by atoms with E-state index >= 15 is 0 Å². The summed E-state index contributed by atoms with van der Waals surface area (Å²) in [7, 11) is 0. The summed E-state index contributed by atoms with van der Waals surface area (Å²) >= 11 is 8.15. The second-order valence-corrected chi connectivity index (χ2v) is 5.08. The van der Waals surface area contributed by atoms with Gasteiger partial charge in [-0.1, -0.05) is 6.92 Å². The second-order valence-electron chi connectivity index (χ2n) is 3.50. The number of benzene rings is 1. The van der Waals surface area contributed by atoms with Gasteiger partial charge in [0.2, 0.25) is 5.28 Å². The summed E-state index contributed by atoms with van der Waals surface area (Å²) in [5, 5.41) is 0.894. The molecule has 0 fully saturated rings. The summed E-state index contributed by atoms with van der Waals surface area (Å²) in [6.45, 7) is 2.60. The summed E-state index contributed by atoms with van der Waals surface area (Å²) in [4.78, 5) is 16.3. The molecule has 1 heterocycles. The highest BCUT2D eigenvalue weighted by Gasteiger charge is 2.08. The molecule has 5 heteroatoms. The Hall–Kier alpha value is -0.620. The van der Waals surface area contributed by atoms with Crippen molar-refractivity contribution in [1.29, 1.82) is 0 Å². The van der Waals surface area contributed by atoms with E-state index in [1.165, 1.54) is 4.57 Å². The standard InChI is InChI=1S/C11H10ClIN2O/c1-2-5-15-10(16)8-6-7(13)3-4-9(8)14-11(15)12/h3-4,6H,2,5H2,1H3. The minimum absolute atomic E-state index is 0.0598. The normalized spacial score (nSPS) is 10.9. The smallest absolute Gasteiger partial charge is 0.262 e. The number of aromatic nitrogens is 2. The summed E-state index contributed by atoms with van der Waals surface area (Å²) in [5.41, 5.74) is 0.595. The molecule has 0 aliphatic carbocycles. The topological polar surface area (TPSA) is 34.9 Å². The van der Waals surface area contributed by atoms with Crippen molar-refractivity contribution in [2.75, 3.05) is 0 Å². The highest BCUT2D eigenvalue weighted by atomic mass is 127. The predicted molar refractivity (Wildman–Crippen MR) is 74.0 cm³/mol. The number of rotatable bonds is 2. The van der Waals surface area contributed by atoms with E-state index in [0.29, 0.717) is 17.4 Å². The van der Waals surface area contributed by atoms with Gasteiger partial charge in [-0.3, -0.25) is 9.36 Å². The van der Waals surface area contributed by atoms with Crippen LogP contribution in [0.5, 0.6) is 0 Å². The lowest BCUT2D eigenvalue weighted by Crippen LogP contribution is -2.22. The number of halogens is 2. The molecule has 0 aliphatic heterocycles. The zero-order chi connectivity index (χ0) is 11.7. The first-order valence-electron chi connectivity index (χ1n) is 4.99. The molecular formula is C11H10ClIN2O. The monoisotopic (exact) mass is 348 g/mol. The molecule has 0 saturated carbocycles. The van der Waals surface area contributed by atoms with Crippen LogP contribution in [0.1, 0.15) is 13.3 Å². The van der Waals surface area contributed by atoms with Gasteiger partial charge in [-0.2, -0.15) is 0 Å². The van der Waals surface area contributed by atoms with Crippen LogP contribution in [-0.2, 0) is 6.54 Å². The molecule has 16 heavy (non-hydrogen) atoms. The van der Waals surface area contributed by atoms with Crippen molar-refractivity contribution in [3.63, 3.8) is 0 Å². The molecule has 0 bridgehead atoms. The average molecular weight is 349 g/mol. The molecule has 1 aromatic heterocycles. The van der Waals surface area contributed by atoms with Crippen molar-refractivity contribution >= 4 is 45.1 Å². The lowest BCUT2D eigenvalue weighted by molar-refractivity contribution is 0.649. The van der Waals surface area contributed by atoms with E-state index in [-0.39, 0.29) is 10.8 Å². The maximum atomic E-state index is 12.1. The third kappa shape index (κ3) is 2.08. The fourth-order valence-electron chi connectivity index (χ4n) is 1.58. The van der Waals surface area contributed by atoms with Crippen LogP contribution >= 0.6 is 34.2 Å². The molecule has 0 spiro atoms. The summed E-state index contributed by atoms with van der Waals surface area (Å²) in [5.74, 6) is 0. The van der Waals surface area contributed by atoms with Crippen LogP contribution in [-0.4, -0.2) is 9.55 Å². The Labute approximate surface area is 112 Å². The summed E-state index contributed by atoms with van der Waals surface area (Å²) in [6.07, 6.45) is 0.858. The number of hydrogen-bond acceptors (Lipinski definition) is 2. The molecule has 0 radical (unpaired) electrons. The first-order chi connectivity index (χ1) is 7.63. The van der Waals surface area contributed by atoms with E-state index in [4.69, 9.17) is 11.6 Å². The SMILES string of the molecule is CCCn1c(Cl)nc2ccc(I)cc2c1=O. The third-order valence-corrected chi connectivity index (χ3v) is 3.28. The molecule has 0 saturated heterocycles. The van der Waals surface area contributed by atoms with Gasteiger partial charge in [0.25, 0.3) is 5.56 Å². The Bertz CT molecular complexity index is 594. The molecular weight excluding hydrogens is 338 g/mol. The van der Waals surface area contributed by atoms with Gasteiger partial charge in [-0.05, 0) is 58.8 Å². The van der Waals surface area contributed by atoms with Crippen LogP contribution in [0.2, 0.25) is 5.28 Å². The van der Waals surface area contributed by atoms with E-state index in [0.717, 1.165) is 9.99 Å². The molecule has 0 aliphatic rings. The Morgan fingerprint density at radius 2 is 2.25 bits per heavy atom. The zero-order valence-corrected chi connectivity index (χ0v) is 11.6. The molecule has 1 aromatic carbocycles. The third-order valence-electron chi connectivity index (χ3n) is 2.32. The molecule has 0 amide bonds. The number of nitrogens with zero attached hydrogens (tertiary/aromatic N) is 2. The Morgan fingerprint density at radius 1 is 1.50 bits per heavy atom. The zero-order valence-electron chi connectivity index (χ0n) is 8.70. The van der Waals surface area contributed by atoms with Crippen LogP contribution in [0.15, 0.2) is 23.0 Å². The quantitative estimate of drug-likeness (QED) is 0.617. The van der Waals surface area contributed by atoms with Gasteiger partial charge in [0.05, 0.1) is 10.9 Å². The van der Waals surface area contributed by atoms with Crippen molar-refractivity contribution in [3.8, 4) is 0 Å². The van der Waals surface area contributed by atoms with Crippen LogP contribution in [0.25, 0.3) is 10.9 Å². The molecule has 0 unspecified atom stereocenters. The van der Waals surface area contributed by atoms with Gasteiger partial charge in [-0.15, -0.1) is 0 Å². The van der Waals surface area contributed by atoms with Gasteiger partial charge in [0, 0.05) is 10.1 Å². The Kier molecular flexibility index (Phi) is 3.49. The van der Waals surface area contributed by atoms with Crippen molar-refractivity contribution in [1.82, 2.24) is 9.55 Å². The Morgan fingerprint density at radius 3 is 2.94 bits per heavy atom. The van der Waals surface area contributed by atoms with E-state index < -0.39 is 0 Å². The molecule has 2 rings (SSSR count). The molecule has 84 valence electrons. The van der Waals surface area contributed by atoms with Gasteiger partial charge in [-0.25, -0.2) is 4.98 Å². The van der Waals surface area contributed by atoms with E-state index in [2.05, 4.69) is 27.6 Å². The molecule has 0 N–H and O–H groups in total. The summed E-state index contributed by atoms with van der Waals surface area (Å²) < 4.78 is 2.54. The van der Waals surface area contributed by atoms with Crippen molar-refractivity contribution < 1.29 is 0 Å². The predicted octanol–water partition coefficient (Wildman–Crippen LogP) is 3.06. The molecule has 3 nitrogen and oxygen atoms in total. The maximum Gasteiger partial charge on any atom is 0.262 e. The molecule has 2 aromatic rings. The lowest BCUT2D eigenvalue weighted by atomic mass is 10.2. The van der Waals surface area contributed by atoms with Crippen LogP contribution in [0.4, 0.5) is 0 Å².